The van der Waals surface area contributed by atoms with Gasteiger partial charge in [0.1, 0.15) is 0 Å². The second kappa shape index (κ2) is 13.7. The molecule has 0 aliphatic carbocycles. The van der Waals surface area contributed by atoms with Crippen LogP contribution in [0.15, 0.2) is 12.2 Å². The standard InChI is InChI=1S/C14H28O/c1-3-4-5-6-7-8-9-10-11-12-13-14-15-2/h9-10H,3-8,11-14H2,1-2H3/b10-9+. The molecule has 0 saturated heterocycles. The maximum Gasteiger partial charge on any atom is 0.0462 e. The zero-order valence-electron chi connectivity index (χ0n) is 10.6. The smallest absolute Gasteiger partial charge is 0.0462 e. The summed E-state index contributed by atoms with van der Waals surface area (Å²) in [4.78, 5) is 0. The molecule has 0 amide bonds. The van der Waals surface area contributed by atoms with Crippen LogP contribution in [0.4, 0.5) is 0 Å². The van der Waals surface area contributed by atoms with E-state index >= 15 is 0 Å². The molecule has 0 aromatic carbocycles. The van der Waals surface area contributed by atoms with E-state index in [2.05, 4.69) is 19.1 Å². The van der Waals surface area contributed by atoms with Gasteiger partial charge in [-0.2, -0.15) is 0 Å². The number of hydrogen-bond donors (Lipinski definition) is 0. The Kier molecular flexibility index (Phi) is 13.4. The molecule has 0 aliphatic heterocycles. The number of ether oxygens (including phenoxy) is 1. The lowest BCUT2D eigenvalue weighted by atomic mass is 10.1. The highest BCUT2D eigenvalue weighted by Gasteiger charge is 1.87. The highest BCUT2D eigenvalue weighted by molar-refractivity contribution is 4.81. The maximum atomic E-state index is 5.00. The number of unbranched alkanes of at least 4 members (excludes halogenated alkanes) is 7. The van der Waals surface area contributed by atoms with Gasteiger partial charge in [0.15, 0.2) is 0 Å². The van der Waals surface area contributed by atoms with Gasteiger partial charge < -0.3 is 4.74 Å². The van der Waals surface area contributed by atoms with Gasteiger partial charge in [0.05, 0.1) is 0 Å². The predicted molar refractivity (Wildman–Crippen MR) is 68.2 cm³/mol. The first kappa shape index (κ1) is 14.7. The van der Waals surface area contributed by atoms with Gasteiger partial charge in [-0.25, -0.2) is 0 Å². The molecule has 90 valence electrons. The minimum absolute atomic E-state index is 0.908. The molecular formula is C14H28O. The molecule has 0 aromatic rings. The second-order valence-corrected chi connectivity index (χ2v) is 4.16. The Morgan fingerprint density at radius 1 is 0.800 bits per heavy atom. The van der Waals surface area contributed by atoms with Gasteiger partial charge in [0, 0.05) is 13.7 Å². The van der Waals surface area contributed by atoms with E-state index in [1.54, 1.807) is 7.11 Å². The van der Waals surface area contributed by atoms with E-state index in [-0.39, 0.29) is 0 Å². The summed E-state index contributed by atoms with van der Waals surface area (Å²) in [6.45, 7) is 3.17. The summed E-state index contributed by atoms with van der Waals surface area (Å²) in [7, 11) is 1.77. The van der Waals surface area contributed by atoms with Crippen LogP contribution in [-0.4, -0.2) is 13.7 Å². The van der Waals surface area contributed by atoms with E-state index < -0.39 is 0 Å². The zero-order chi connectivity index (χ0) is 11.2. The lowest BCUT2D eigenvalue weighted by molar-refractivity contribution is 0.193. The molecule has 0 rings (SSSR count). The van der Waals surface area contributed by atoms with Crippen molar-refractivity contribution < 1.29 is 4.74 Å². The molecule has 1 nitrogen and oxygen atoms in total. The summed E-state index contributed by atoms with van der Waals surface area (Å²) in [5.41, 5.74) is 0. The van der Waals surface area contributed by atoms with E-state index in [0.717, 1.165) is 6.61 Å². The number of allylic oxidation sites excluding steroid dienone is 2. The first-order valence-corrected chi connectivity index (χ1v) is 6.55. The van der Waals surface area contributed by atoms with Crippen LogP contribution in [0.5, 0.6) is 0 Å². The highest BCUT2D eigenvalue weighted by Crippen LogP contribution is 2.06. The Balaban J connectivity index is 2.97. The van der Waals surface area contributed by atoms with Crippen molar-refractivity contribution in [2.45, 2.75) is 64.7 Å². The summed E-state index contributed by atoms with van der Waals surface area (Å²) in [6.07, 6.45) is 16.6. The molecule has 0 bridgehead atoms. The van der Waals surface area contributed by atoms with Crippen molar-refractivity contribution in [1.82, 2.24) is 0 Å². The molecule has 0 saturated carbocycles. The van der Waals surface area contributed by atoms with Crippen molar-refractivity contribution in [2.24, 2.45) is 0 Å². The molecule has 0 heterocycles. The van der Waals surface area contributed by atoms with E-state index in [4.69, 9.17) is 4.74 Å². The monoisotopic (exact) mass is 212 g/mol. The van der Waals surface area contributed by atoms with Crippen LogP contribution >= 0.6 is 0 Å². The molecule has 0 atom stereocenters. The van der Waals surface area contributed by atoms with Crippen LogP contribution in [0.3, 0.4) is 0 Å². The fraction of sp³-hybridized carbons (Fsp3) is 0.857. The minimum Gasteiger partial charge on any atom is -0.385 e. The number of hydrogen-bond acceptors (Lipinski definition) is 1. The fourth-order valence-electron chi connectivity index (χ4n) is 1.61. The quantitative estimate of drug-likeness (QED) is 0.356. The van der Waals surface area contributed by atoms with E-state index in [0.29, 0.717) is 0 Å². The summed E-state index contributed by atoms with van der Waals surface area (Å²) < 4.78 is 5.00. The topological polar surface area (TPSA) is 9.23 Å². The largest absolute Gasteiger partial charge is 0.385 e. The van der Waals surface area contributed by atoms with Gasteiger partial charge in [-0.3, -0.25) is 0 Å². The molecule has 0 spiro atoms. The van der Waals surface area contributed by atoms with Crippen LogP contribution in [0.25, 0.3) is 0 Å². The lowest BCUT2D eigenvalue weighted by Crippen LogP contribution is -1.86. The zero-order valence-corrected chi connectivity index (χ0v) is 10.6. The van der Waals surface area contributed by atoms with Crippen LogP contribution in [0, 0.1) is 0 Å². The van der Waals surface area contributed by atoms with Gasteiger partial charge in [0.2, 0.25) is 0 Å². The van der Waals surface area contributed by atoms with Gasteiger partial charge >= 0.3 is 0 Å². The van der Waals surface area contributed by atoms with Crippen LogP contribution in [0.1, 0.15) is 64.7 Å². The van der Waals surface area contributed by atoms with Crippen molar-refractivity contribution in [1.29, 1.82) is 0 Å². The van der Waals surface area contributed by atoms with Crippen molar-refractivity contribution in [3.05, 3.63) is 12.2 Å². The first-order chi connectivity index (χ1) is 7.41. The first-order valence-electron chi connectivity index (χ1n) is 6.55. The third-order valence-corrected chi connectivity index (χ3v) is 2.61. The number of methoxy groups -OCH3 is 1. The molecule has 0 aromatic heterocycles. The van der Waals surface area contributed by atoms with Crippen molar-refractivity contribution in [3.63, 3.8) is 0 Å². The summed E-state index contributed by atoms with van der Waals surface area (Å²) >= 11 is 0. The van der Waals surface area contributed by atoms with Crippen molar-refractivity contribution in [2.75, 3.05) is 13.7 Å². The normalized spacial score (nSPS) is 11.3. The molecular weight excluding hydrogens is 184 g/mol. The van der Waals surface area contributed by atoms with Gasteiger partial charge in [-0.1, -0.05) is 44.8 Å². The van der Waals surface area contributed by atoms with Crippen molar-refractivity contribution >= 4 is 0 Å². The number of rotatable bonds is 11. The molecule has 0 fully saturated rings. The summed E-state index contributed by atoms with van der Waals surface area (Å²) in [5.74, 6) is 0. The average molecular weight is 212 g/mol. The molecule has 0 unspecified atom stereocenters. The maximum absolute atomic E-state index is 5.00. The van der Waals surface area contributed by atoms with Crippen LogP contribution in [-0.2, 0) is 4.74 Å². The van der Waals surface area contributed by atoms with Gasteiger partial charge in [-0.05, 0) is 32.1 Å². The minimum atomic E-state index is 0.908. The van der Waals surface area contributed by atoms with Gasteiger partial charge in [0.25, 0.3) is 0 Å². The average Bonchev–Trinajstić information content (AvgIpc) is 2.26. The van der Waals surface area contributed by atoms with Crippen LogP contribution in [0.2, 0.25) is 0 Å². The van der Waals surface area contributed by atoms with E-state index in [9.17, 15) is 0 Å². The Bertz CT molecular complexity index is 129. The predicted octanol–water partition coefficient (Wildman–Crippen LogP) is 4.72. The highest BCUT2D eigenvalue weighted by atomic mass is 16.5. The Labute approximate surface area is 95.9 Å². The van der Waals surface area contributed by atoms with Gasteiger partial charge in [-0.15, -0.1) is 0 Å². The summed E-state index contributed by atoms with van der Waals surface area (Å²) in [6, 6.07) is 0. The Hall–Kier alpha value is -0.300. The van der Waals surface area contributed by atoms with Crippen LogP contribution < -0.4 is 0 Å². The molecule has 0 aliphatic rings. The molecule has 1 heteroatoms. The summed E-state index contributed by atoms with van der Waals surface area (Å²) in [5, 5.41) is 0. The second-order valence-electron chi connectivity index (χ2n) is 4.16. The Morgan fingerprint density at radius 3 is 2.00 bits per heavy atom. The SMILES string of the molecule is CCCCCCC/C=C/CCCCOC. The third-order valence-electron chi connectivity index (χ3n) is 2.61. The third kappa shape index (κ3) is 13.7. The molecule has 0 radical (unpaired) electrons. The van der Waals surface area contributed by atoms with Crippen molar-refractivity contribution in [3.8, 4) is 0 Å². The Morgan fingerprint density at radius 2 is 1.40 bits per heavy atom. The van der Waals surface area contributed by atoms with E-state index in [1.807, 2.05) is 0 Å². The lowest BCUT2D eigenvalue weighted by Gasteiger charge is -1.97. The molecule has 15 heavy (non-hydrogen) atoms. The van der Waals surface area contributed by atoms with E-state index in [1.165, 1.54) is 57.8 Å². The fourth-order valence-corrected chi connectivity index (χ4v) is 1.61. The molecule has 0 N–H and O–H groups in total.